The number of urea groups is 1. The fraction of sp³-hybridized carbons (Fsp3) is 0.667. The van der Waals surface area contributed by atoms with Gasteiger partial charge in [0.15, 0.2) is 0 Å². The predicted octanol–water partition coefficient (Wildman–Crippen LogP) is 2.88. The fourth-order valence-electron chi connectivity index (χ4n) is 3.27. The molecule has 1 aromatic heterocycles. The molecule has 3 rings (SSSR count). The van der Waals surface area contributed by atoms with Crippen molar-refractivity contribution in [2.45, 2.75) is 51.7 Å². The largest absolute Gasteiger partial charge is 0.376 e. The zero-order chi connectivity index (χ0) is 16.1. The molecule has 126 valence electrons. The molecule has 2 aliphatic rings. The SMILES string of the molecule is Cc1cc(CNC(=O)N(CC2CCC2)C[C@@H]2CCCO2)ccn1. The molecule has 1 aliphatic carbocycles. The maximum absolute atomic E-state index is 12.6. The standard InChI is InChI=1S/C18H27N3O2/c1-14-10-16(7-8-19-14)11-20-18(22)21(12-15-4-2-5-15)13-17-6-3-9-23-17/h7-8,10,15,17H,2-6,9,11-13H2,1H3,(H,20,22)/t17-/m0/s1. The predicted molar refractivity (Wildman–Crippen MR) is 89.1 cm³/mol. The van der Waals surface area contributed by atoms with E-state index in [1.165, 1.54) is 19.3 Å². The van der Waals surface area contributed by atoms with Gasteiger partial charge in [-0.25, -0.2) is 4.79 Å². The van der Waals surface area contributed by atoms with Crippen LogP contribution < -0.4 is 5.32 Å². The van der Waals surface area contributed by atoms with Crippen molar-refractivity contribution >= 4 is 6.03 Å². The highest BCUT2D eigenvalue weighted by Crippen LogP contribution is 2.27. The van der Waals surface area contributed by atoms with Gasteiger partial charge in [0.05, 0.1) is 6.10 Å². The van der Waals surface area contributed by atoms with Crippen LogP contribution in [0.3, 0.4) is 0 Å². The van der Waals surface area contributed by atoms with Gasteiger partial charge in [-0.3, -0.25) is 4.98 Å². The summed E-state index contributed by atoms with van der Waals surface area (Å²) in [7, 11) is 0. The highest BCUT2D eigenvalue weighted by Gasteiger charge is 2.27. The van der Waals surface area contributed by atoms with Crippen LogP contribution in [-0.2, 0) is 11.3 Å². The number of amides is 2. The monoisotopic (exact) mass is 317 g/mol. The first-order valence-electron chi connectivity index (χ1n) is 8.76. The lowest BCUT2D eigenvalue weighted by Gasteiger charge is -2.33. The van der Waals surface area contributed by atoms with Crippen LogP contribution in [0.2, 0.25) is 0 Å². The summed E-state index contributed by atoms with van der Waals surface area (Å²) in [5, 5.41) is 3.06. The second-order valence-electron chi connectivity index (χ2n) is 6.80. The molecule has 1 aromatic rings. The quantitative estimate of drug-likeness (QED) is 0.878. The van der Waals surface area contributed by atoms with E-state index in [1.54, 1.807) is 6.20 Å². The molecular weight excluding hydrogens is 290 g/mol. The third-order valence-corrected chi connectivity index (χ3v) is 4.84. The third kappa shape index (κ3) is 4.67. The molecule has 2 heterocycles. The molecule has 0 aromatic carbocycles. The Balaban J connectivity index is 1.54. The van der Waals surface area contributed by atoms with Gasteiger partial charge < -0.3 is 15.0 Å². The number of carbonyl (C=O) groups is 1. The molecule has 2 amide bonds. The molecule has 5 heteroatoms. The third-order valence-electron chi connectivity index (χ3n) is 4.84. The molecule has 1 aliphatic heterocycles. The number of aromatic nitrogens is 1. The van der Waals surface area contributed by atoms with Gasteiger partial charge in [0.1, 0.15) is 0 Å². The van der Waals surface area contributed by atoms with Gasteiger partial charge in [0.25, 0.3) is 0 Å². The first-order chi connectivity index (χ1) is 11.2. The van der Waals surface area contributed by atoms with E-state index in [9.17, 15) is 4.79 Å². The maximum atomic E-state index is 12.6. The van der Waals surface area contributed by atoms with Gasteiger partial charge in [0, 0.05) is 38.1 Å². The van der Waals surface area contributed by atoms with Crippen LogP contribution in [0.5, 0.6) is 0 Å². The minimum atomic E-state index is 0.0295. The van der Waals surface area contributed by atoms with Crippen LogP contribution in [0.25, 0.3) is 0 Å². The van der Waals surface area contributed by atoms with Gasteiger partial charge in [-0.1, -0.05) is 6.42 Å². The summed E-state index contributed by atoms with van der Waals surface area (Å²) in [4.78, 5) is 18.8. The highest BCUT2D eigenvalue weighted by molar-refractivity contribution is 5.74. The smallest absolute Gasteiger partial charge is 0.317 e. The first kappa shape index (κ1) is 16.2. The number of carbonyl (C=O) groups excluding carboxylic acids is 1. The average Bonchev–Trinajstić information content (AvgIpc) is 3.00. The molecule has 5 nitrogen and oxygen atoms in total. The number of nitrogens with zero attached hydrogens (tertiary/aromatic N) is 2. The van der Waals surface area contributed by atoms with E-state index in [0.717, 1.165) is 43.8 Å². The lowest BCUT2D eigenvalue weighted by atomic mass is 9.85. The molecule has 0 spiro atoms. The van der Waals surface area contributed by atoms with Gasteiger partial charge in [0.2, 0.25) is 0 Å². The Bertz CT molecular complexity index is 525. The van der Waals surface area contributed by atoms with Crippen LogP contribution in [-0.4, -0.2) is 41.7 Å². The zero-order valence-electron chi connectivity index (χ0n) is 14.0. The summed E-state index contributed by atoms with van der Waals surface area (Å²) >= 11 is 0. The Labute approximate surface area is 138 Å². The topological polar surface area (TPSA) is 54.5 Å². The van der Waals surface area contributed by atoms with Crippen molar-refractivity contribution in [3.05, 3.63) is 29.6 Å². The Kier molecular flexibility index (Phi) is 5.49. The number of rotatable bonds is 6. The Hall–Kier alpha value is -1.62. The molecule has 1 atom stereocenters. The van der Waals surface area contributed by atoms with Crippen LogP contribution >= 0.6 is 0 Å². The minimum Gasteiger partial charge on any atom is -0.376 e. The molecule has 1 saturated carbocycles. The molecule has 0 radical (unpaired) electrons. The van der Waals surface area contributed by atoms with Gasteiger partial charge >= 0.3 is 6.03 Å². The number of pyridine rings is 1. The summed E-state index contributed by atoms with van der Waals surface area (Å²) in [6.45, 7) is 4.93. The summed E-state index contributed by atoms with van der Waals surface area (Å²) in [5.74, 6) is 0.672. The van der Waals surface area contributed by atoms with Gasteiger partial charge in [-0.15, -0.1) is 0 Å². The molecule has 0 bridgehead atoms. The second-order valence-corrected chi connectivity index (χ2v) is 6.80. The van der Waals surface area contributed by atoms with Crippen molar-refractivity contribution in [1.82, 2.24) is 15.2 Å². The molecule has 1 saturated heterocycles. The van der Waals surface area contributed by atoms with Gasteiger partial charge in [-0.05, 0) is 56.2 Å². The minimum absolute atomic E-state index is 0.0295. The van der Waals surface area contributed by atoms with E-state index in [-0.39, 0.29) is 12.1 Å². The average molecular weight is 317 g/mol. The second kappa shape index (κ2) is 7.77. The number of hydrogen-bond donors (Lipinski definition) is 1. The van der Waals surface area contributed by atoms with Crippen LogP contribution in [0.4, 0.5) is 4.79 Å². The van der Waals surface area contributed by atoms with Crippen molar-refractivity contribution in [3.8, 4) is 0 Å². The van der Waals surface area contributed by atoms with Gasteiger partial charge in [-0.2, -0.15) is 0 Å². The van der Waals surface area contributed by atoms with E-state index in [2.05, 4.69) is 10.3 Å². The highest BCUT2D eigenvalue weighted by atomic mass is 16.5. The Morgan fingerprint density at radius 2 is 2.22 bits per heavy atom. The lowest BCUT2D eigenvalue weighted by molar-refractivity contribution is 0.0720. The fourth-order valence-corrected chi connectivity index (χ4v) is 3.27. The summed E-state index contributed by atoms with van der Waals surface area (Å²) in [6, 6.07) is 3.99. The molecule has 23 heavy (non-hydrogen) atoms. The molecule has 2 fully saturated rings. The van der Waals surface area contributed by atoms with Crippen molar-refractivity contribution in [3.63, 3.8) is 0 Å². The normalized spacial score (nSPS) is 21.0. The van der Waals surface area contributed by atoms with E-state index >= 15 is 0 Å². The summed E-state index contributed by atoms with van der Waals surface area (Å²) in [6.07, 6.45) is 7.98. The molecule has 0 unspecified atom stereocenters. The van der Waals surface area contributed by atoms with Crippen molar-refractivity contribution < 1.29 is 9.53 Å². The Morgan fingerprint density at radius 1 is 1.35 bits per heavy atom. The number of nitrogens with one attached hydrogen (secondary N) is 1. The summed E-state index contributed by atoms with van der Waals surface area (Å²) < 4.78 is 5.72. The van der Waals surface area contributed by atoms with E-state index < -0.39 is 0 Å². The van der Waals surface area contributed by atoms with Crippen molar-refractivity contribution in [2.24, 2.45) is 5.92 Å². The number of hydrogen-bond acceptors (Lipinski definition) is 3. The van der Waals surface area contributed by atoms with Crippen molar-refractivity contribution in [1.29, 1.82) is 0 Å². The van der Waals surface area contributed by atoms with Crippen LogP contribution in [0.1, 0.15) is 43.4 Å². The van der Waals surface area contributed by atoms with Crippen LogP contribution in [0, 0.1) is 12.8 Å². The first-order valence-corrected chi connectivity index (χ1v) is 8.76. The molecule has 1 N–H and O–H groups in total. The van der Waals surface area contributed by atoms with E-state index in [1.807, 2.05) is 24.0 Å². The zero-order valence-corrected chi connectivity index (χ0v) is 14.0. The van der Waals surface area contributed by atoms with Crippen LogP contribution in [0.15, 0.2) is 18.3 Å². The lowest BCUT2D eigenvalue weighted by Crippen LogP contribution is -2.46. The molecular formula is C18H27N3O2. The number of aryl methyl sites for hydroxylation is 1. The van der Waals surface area contributed by atoms with E-state index in [4.69, 9.17) is 4.74 Å². The van der Waals surface area contributed by atoms with E-state index in [0.29, 0.717) is 12.5 Å². The Morgan fingerprint density at radius 3 is 2.87 bits per heavy atom. The summed E-state index contributed by atoms with van der Waals surface area (Å²) in [5.41, 5.74) is 2.06. The van der Waals surface area contributed by atoms with Crippen molar-refractivity contribution in [2.75, 3.05) is 19.7 Å². The maximum Gasteiger partial charge on any atom is 0.317 e. The number of ether oxygens (including phenoxy) is 1.